The highest BCUT2D eigenvalue weighted by molar-refractivity contribution is 6.33. The molecule has 6 nitrogen and oxygen atoms in total. The number of carbonyl (C=O) groups excluding carboxylic acids is 1. The van der Waals surface area contributed by atoms with E-state index in [-0.39, 0.29) is 17.4 Å². The number of anilines is 1. The number of hydrogen-bond donors (Lipinski definition) is 3. The normalized spacial score (nSPS) is 11.6. The van der Waals surface area contributed by atoms with Gasteiger partial charge in [0.2, 0.25) is 0 Å². The molecule has 0 saturated carbocycles. The monoisotopic (exact) mass is 494 g/mol. The third-order valence-electron chi connectivity index (χ3n) is 5.77. The van der Waals surface area contributed by atoms with Gasteiger partial charge in [0.05, 0.1) is 5.57 Å². The van der Waals surface area contributed by atoms with E-state index in [1.807, 2.05) is 61.5 Å². The Hall–Kier alpha value is -4.55. The number of nitrogens with zero attached hydrogens (tertiary/aromatic N) is 1. The number of ether oxygens (including phenoxy) is 1. The lowest BCUT2D eigenvalue weighted by atomic mass is 9.89. The van der Waals surface area contributed by atoms with Crippen LogP contribution in [0.2, 0.25) is 0 Å². The van der Waals surface area contributed by atoms with Crippen LogP contribution in [0.3, 0.4) is 0 Å². The number of carbonyl (C=O) groups is 1. The second-order valence-corrected chi connectivity index (χ2v) is 8.84. The van der Waals surface area contributed by atoms with E-state index in [1.54, 1.807) is 60.7 Å². The lowest BCUT2D eigenvalue weighted by Crippen LogP contribution is -2.19. The fourth-order valence-corrected chi connectivity index (χ4v) is 3.88. The first-order valence-electron chi connectivity index (χ1n) is 12.0. The highest BCUT2D eigenvalue weighted by Gasteiger charge is 2.21. The number of amides is 1. The highest BCUT2D eigenvalue weighted by atomic mass is 16.5. The average Bonchev–Trinajstić information content (AvgIpc) is 2.90. The van der Waals surface area contributed by atoms with E-state index in [1.165, 1.54) is 0 Å². The van der Waals surface area contributed by atoms with Crippen molar-refractivity contribution in [1.29, 1.82) is 0 Å². The largest absolute Gasteiger partial charge is 0.508 e. The van der Waals surface area contributed by atoms with Crippen molar-refractivity contribution in [3.8, 4) is 17.2 Å². The number of benzene rings is 4. The summed E-state index contributed by atoms with van der Waals surface area (Å²) >= 11 is 0. The van der Waals surface area contributed by atoms with Gasteiger partial charge in [-0.3, -0.25) is 4.79 Å². The standard InChI is InChI=1S/C31H30N2O4/c1-33(2)20-21-37-28-18-12-25(13-19-28)32-31(36)30(24-10-16-27(35)17-11-24)29(22-6-4-3-5-7-22)23-8-14-26(34)15-9-23/h3-19,34-35H,20-21H2,1-2H3,(H,32,36)/b30-29-. The minimum atomic E-state index is -0.307. The van der Waals surface area contributed by atoms with Crippen LogP contribution >= 0.6 is 0 Å². The van der Waals surface area contributed by atoms with E-state index in [0.29, 0.717) is 29.0 Å². The molecular weight excluding hydrogens is 464 g/mol. The topological polar surface area (TPSA) is 82.0 Å². The van der Waals surface area contributed by atoms with Gasteiger partial charge in [-0.1, -0.05) is 54.6 Å². The molecule has 188 valence electrons. The lowest BCUT2D eigenvalue weighted by molar-refractivity contribution is -0.111. The maximum absolute atomic E-state index is 13.9. The molecule has 1 amide bonds. The number of hydrogen-bond acceptors (Lipinski definition) is 5. The van der Waals surface area contributed by atoms with Crippen LogP contribution in [-0.4, -0.2) is 48.3 Å². The van der Waals surface area contributed by atoms with Gasteiger partial charge in [0.25, 0.3) is 5.91 Å². The first-order valence-corrected chi connectivity index (χ1v) is 12.0. The van der Waals surface area contributed by atoms with Crippen molar-refractivity contribution in [3.63, 3.8) is 0 Å². The van der Waals surface area contributed by atoms with E-state index in [2.05, 4.69) is 5.32 Å². The third-order valence-corrected chi connectivity index (χ3v) is 5.77. The number of rotatable bonds is 9. The Morgan fingerprint density at radius 1 is 0.730 bits per heavy atom. The molecule has 4 aromatic carbocycles. The van der Waals surface area contributed by atoms with E-state index in [9.17, 15) is 15.0 Å². The summed E-state index contributed by atoms with van der Waals surface area (Å²) in [5.74, 6) is 0.668. The van der Waals surface area contributed by atoms with Gasteiger partial charge in [0, 0.05) is 17.8 Å². The molecule has 0 aliphatic heterocycles. The minimum Gasteiger partial charge on any atom is -0.508 e. The summed E-state index contributed by atoms with van der Waals surface area (Å²) in [6, 6.07) is 30.2. The van der Waals surface area contributed by atoms with Gasteiger partial charge in [0.1, 0.15) is 23.9 Å². The maximum atomic E-state index is 13.9. The SMILES string of the molecule is CN(C)CCOc1ccc(NC(=O)/C(=C(/c2ccccc2)c2ccc(O)cc2)c2ccc(O)cc2)cc1. The van der Waals surface area contributed by atoms with Crippen molar-refractivity contribution in [1.82, 2.24) is 4.90 Å². The number of phenols is 2. The van der Waals surface area contributed by atoms with Gasteiger partial charge in [-0.15, -0.1) is 0 Å². The molecule has 0 saturated heterocycles. The predicted molar refractivity (Wildman–Crippen MR) is 148 cm³/mol. The summed E-state index contributed by atoms with van der Waals surface area (Å²) in [7, 11) is 3.98. The number of nitrogens with one attached hydrogen (secondary N) is 1. The highest BCUT2D eigenvalue weighted by Crippen LogP contribution is 2.34. The van der Waals surface area contributed by atoms with Gasteiger partial charge in [0.15, 0.2) is 0 Å². The molecule has 0 fully saturated rings. The molecule has 0 aliphatic rings. The van der Waals surface area contributed by atoms with Crippen LogP contribution in [0.1, 0.15) is 16.7 Å². The first-order chi connectivity index (χ1) is 17.9. The molecule has 4 rings (SSSR count). The molecule has 37 heavy (non-hydrogen) atoms. The molecule has 4 aromatic rings. The molecule has 3 N–H and O–H groups in total. The first kappa shape index (κ1) is 25.5. The van der Waals surface area contributed by atoms with Crippen molar-refractivity contribution in [2.75, 3.05) is 32.6 Å². The Labute approximate surface area is 217 Å². The van der Waals surface area contributed by atoms with Gasteiger partial charge in [-0.05, 0) is 79.3 Å². The molecular formula is C31H30N2O4. The Balaban J connectivity index is 1.75. The fourth-order valence-electron chi connectivity index (χ4n) is 3.88. The van der Waals surface area contributed by atoms with Crippen LogP contribution in [0.5, 0.6) is 17.2 Å². The molecule has 0 aromatic heterocycles. The predicted octanol–water partition coefficient (Wildman–Crippen LogP) is 5.64. The van der Waals surface area contributed by atoms with Crippen LogP contribution in [0, 0.1) is 0 Å². The summed E-state index contributed by atoms with van der Waals surface area (Å²) in [4.78, 5) is 15.9. The van der Waals surface area contributed by atoms with E-state index in [4.69, 9.17) is 4.74 Å². The van der Waals surface area contributed by atoms with Gasteiger partial charge in [-0.2, -0.15) is 0 Å². The van der Waals surface area contributed by atoms with Crippen molar-refractivity contribution in [2.45, 2.75) is 0 Å². The average molecular weight is 495 g/mol. The molecule has 6 heteroatoms. The molecule has 0 atom stereocenters. The molecule has 0 bridgehead atoms. The quantitative estimate of drug-likeness (QED) is 0.207. The molecule has 0 heterocycles. The Morgan fingerprint density at radius 2 is 1.27 bits per heavy atom. The number of aromatic hydroxyl groups is 2. The van der Waals surface area contributed by atoms with Gasteiger partial charge in [-0.25, -0.2) is 0 Å². The zero-order valence-corrected chi connectivity index (χ0v) is 20.9. The van der Waals surface area contributed by atoms with Crippen LogP contribution in [0.4, 0.5) is 5.69 Å². The lowest BCUT2D eigenvalue weighted by Gasteiger charge is -2.18. The molecule has 0 spiro atoms. The third kappa shape index (κ3) is 6.78. The summed E-state index contributed by atoms with van der Waals surface area (Å²) in [6.45, 7) is 1.37. The van der Waals surface area contributed by atoms with E-state index >= 15 is 0 Å². The second-order valence-electron chi connectivity index (χ2n) is 8.84. The van der Waals surface area contributed by atoms with Crippen LogP contribution in [0.25, 0.3) is 11.1 Å². The number of likely N-dealkylation sites (N-methyl/N-ethyl adjacent to an activating group) is 1. The van der Waals surface area contributed by atoms with Gasteiger partial charge >= 0.3 is 0 Å². The van der Waals surface area contributed by atoms with Crippen LogP contribution in [-0.2, 0) is 4.79 Å². The minimum absolute atomic E-state index is 0.110. The Morgan fingerprint density at radius 3 is 1.84 bits per heavy atom. The molecule has 0 radical (unpaired) electrons. The molecule has 0 unspecified atom stereocenters. The van der Waals surface area contributed by atoms with Gasteiger partial charge < -0.3 is 25.2 Å². The van der Waals surface area contributed by atoms with Crippen LogP contribution < -0.4 is 10.1 Å². The summed E-state index contributed by atoms with van der Waals surface area (Å²) in [5, 5.41) is 22.8. The molecule has 0 aliphatic carbocycles. The zero-order chi connectivity index (χ0) is 26.2. The fraction of sp³-hybridized carbons (Fsp3) is 0.129. The zero-order valence-electron chi connectivity index (χ0n) is 20.9. The number of phenolic OH excluding ortho intramolecular Hbond substituents is 2. The van der Waals surface area contributed by atoms with E-state index < -0.39 is 0 Å². The van der Waals surface area contributed by atoms with Crippen molar-refractivity contribution in [3.05, 3.63) is 120 Å². The summed E-state index contributed by atoms with van der Waals surface area (Å²) in [5.41, 5.74) is 4.02. The maximum Gasteiger partial charge on any atom is 0.256 e. The second kappa shape index (κ2) is 11.9. The van der Waals surface area contributed by atoms with Crippen molar-refractivity contribution >= 4 is 22.7 Å². The Bertz CT molecular complexity index is 1350. The van der Waals surface area contributed by atoms with Crippen molar-refractivity contribution in [2.24, 2.45) is 0 Å². The van der Waals surface area contributed by atoms with E-state index in [0.717, 1.165) is 23.4 Å². The Kier molecular flexibility index (Phi) is 8.23. The van der Waals surface area contributed by atoms with Crippen molar-refractivity contribution < 1.29 is 19.7 Å². The van der Waals surface area contributed by atoms with Crippen LogP contribution in [0.15, 0.2) is 103 Å². The smallest absolute Gasteiger partial charge is 0.256 e. The summed E-state index contributed by atoms with van der Waals surface area (Å²) < 4.78 is 5.76. The summed E-state index contributed by atoms with van der Waals surface area (Å²) in [6.07, 6.45) is 0.